The molecule has 3 nitrogen and oxygen atoms in total. The van der Waals surface area contributed by atoms with Gasteiger partial charge in [-0.25, -0.2) is 0 Å². The molecular weight excluding hydrogens is 348 g/mol. The molecular formula is C16H17BrN2OS. The van der Waals surface area contributed by atoms with Crippen molar-refractivity contribution < 1.29 is 4.79 Å². The molecule has 0 fully saturated rings. The van der Waals surface area contributed by atoms with Crippen molar-refractivity contribution in [1.82, 2.24) is 0 Å². The molecule has 0 radical (unpaired) electrons. The van der Waals surface area contributed by atoms with Gasteiger partial charge in [-0.05, 0) is 49.2 Å². The molecule has 21 heavy (non-hydrogen) atoms. The van der Waals surface area contributed by atoms with Crippen LogP contribution in [-0.2, 0) is 4.79 Å². The number of carbonyl (C=O) groups excluding carboxylic acids is 1. The first-order valence-corrected chi connectivity index (χ1v) is 8.29. The summed E-state index contributed by atoms with van der Waals surface area (Å²) in [6.45, 7) is 3.93. The largest absolute Gasteiger partial charge is 0.398 e. The van der Waals surface area contributed by atoms with Crippen LogP contribution in [0, 0.1) is 13.8 Å². The second-order valence-corrected chi connectivity index (χ2v) is 6.72. The van der Waals surface area contributed by atoms with E-state index in [0.29, 0.717) is 5.75 Å². The number of thioether (sulfide) groups is 1. The van der Waals surface area contributed by atoms with Crippen LogP contribution in [0.4, 0.5) is 11.4 Å². The van der Waals surface area contributed by atoms with Gasteiger partial charge in [-0.1, -0.05) is 28.1 Å². The van der Waals surface area contributed by atoms with Gasteiger partial charge in [0, 0.05) is 20.7 Å². The highest BCUT2D eigenvalue weighted by molar-refractivity contribution is 9.10. The molecule has 0 atom stereocenters. The SMILES string of the molecule is Cc1cc(Br)ccc1NC(=O)CSc1cccc(C)c1N. The Morgan fingerprint density at radius 2 is 2.00 bits per heavy atom. The number of nitrogen functional groups attached to an aromatic ring is 1. The molecule has 110 valence electrons. The average molecular weight is 365 g/mol. The van der Waals surface area contributed by atoms with Gasteiger partial charge in [0.1, 0.15) is 0 Å². The molecule has 0 saturated carbocycles. The number of hydrogen-bond donors (Lipinski definition) is 2. The summed E-state index contributed by atoms with van der Waals surface area (Å²) in [4.78, 5) is 13.0. The van der Waals surface area contributed by atoms with Crippen LogP contribution in [-0.4, -0.2) is 11.7 Å². The Kier molecular flexibility index (Phi) is 5.31. The summed E-state index contributed by atoms with van der Waals surface area (Å²) in [7, 11) is 0. The van der Waals surface area contributed by atoms with Gasteiger partial charge in [0.15, 0.2) is 0 Å². The zero-order valence-corrected chi connectivity index (χ0v) is 14.3. The Morgan fingerprint density at radius 3 is 2.71 bits per heavy atom. The number of hydrogen-bond acceptors (Lipinski definition) is 3. The van der Waals surface area contributed by atoms with Crippen molar-refractivity contribution in [3.05, 3.63) is 52.0 Å². The third-order valence-corrected chi connectivity index (χ3v) is 4.67. The van der Waals surface area contributed by atoms with Gasteiger partial charge in [0.2, 0.25) is 5.91 Å². The maximum atomic E-state index is 12.0. The molecule has 0 aliphatic heterocycles. The molecule has 0 saturated heterocycles. The second kappa shape index (κ2) is 7.00. The Morgan fingerprint density at radius 1 is 1.24 bits per heavy atom. The highest BCUT2D eigenvalue weighted by Gasteiger charge is 2.08. The standard InChI is InChI=1S/C16H17BrN2OS/c1-10-4-3-5-14(16(10)18)21-9-15(20)19-13-7-6-12(17)8-11(13)2/h3-8H,9,18H2,1-2H3,(H,19,20). The normalized spacial score (nSPS) is 10.4. The fourth-order valence-corrected chi connectivity index (χ4v) is 3.20. The minimum atomic E-state index is -0.0358. The summed E-state index contributed by atoms with van der Waals surface area (Å²) >= 11 is 4.86. The summed E-state index contributed by atoms with van der Waals surface area (Å²) in [5, 5.41) is 2.92. The number of benzene rings is 2. The zero-order valence-electron chi connectivity index (χ0n) is 11.9. The van der Waals surface area contributed by atoms with E-state index in [1.54, 1.807) is 0 Å². The van der Waals surface area contributed by atoms with Crippen LogP contribution in [0.1, 0.15) is 11.1 Å². The number of nitrogens with two attached hydrogens (primary N) is 1. The predicted molar refractivity (Wildman–Crippen MR) is 93.8 cm³/mol. The van der Waals surface area contributed by atoms with E-state index in [1.165, 1.54) is 11.8 Å². The lowest BCUT2D eigenvalue weighted by Crippen LogP contribution is -2.15. The van der Waals surface area contributed by atoms with E-state index >= 15 is 0 Å². The van der Waals surface area contributed by atoms with E-state index in [0.717, 1.165) is 31.9 Å². The van der Waals surface area contributed by atoms with Crippen molar-refractivity contribution in [3.8, 4) is 0 Å². The Balaban J connectivity index is 1.97. The second-order valence-electron chi connectivity index (χ2n) is 4.78. The van der Waals surface area contributed by atoms with Gasteiger partial charge in [0.25, 0.3) is 0 Å². The number of halogens is 1. The molecule has 1 amide bonds. The van der Waals surface area contributed by atoms with Crippen LogP contribution in [0.3, 0.4) is 0 Å². The molecule has 3 N–H and O–H groups in total. The zero-order chi connectivity index (χ0) is 15.4. The van der Waals surface area contributed by atoms with E-state index in [2.05, 4.69) is 21.2 Å². The first-order chi connectivity index (χ1) is 9.97. The van der Waals surface area contributed by atoms with Gasteiger partial charge < -0.3 is 11.1 Å². The van der Waals surface area contributed by atoms with Crippen molar-refractivity contribution >= 4 is 45.0 Å². The van der Waals surface area contributed by atoms with Crippen LogP contribution >= 0.6 is 27.7 Å². The Bertz CT molecular complexity index is 673. The van der Waals surface area contributed by atoms with Crippen LogP contribution in [0.25, 0.3) is 0 Å². The number of anilines is 2. The smallest absolute Gasteiger partial charge is 0.234 e. The third-order valence-electron chi connectivity index (χ3n) is 3.11. The summed E-state index contributed by atoms with van der Waals surface area (Å²) in [5.41, 5.74) is 9.64. The average Bonchev–Trinajstić information content (AvgIpc) is 2.43. The molecule has 2 aromatic rings. The van der Waals surface area contributed by atoms with Gasteiger partial charge in [0.05, 0.1) is 5.75 Å². The maximum absolute atomic E-state index is 12.0. The Labute approximate surface area is 137 Å². The monoisotopic (exact) mass is 364 g/mol. The topological polar surface area (TPSA) is 55.1 Å². The first kappa shape index (κ1) is 15.9. The van der Waals surface area contributed by atoms with Crippen molar-refractivity contribution in [2.24, 2.45) is 0 Å². The van der Waals surface area contributed by atoms with Crippen molar-refractivity contribution in [2.75, 3.05) is 16.8 Å². The minimum absolute atomic E-state index is 0.0358. The molecule has 0 aromatic heterocycles. The van der Waals surface area contributed by atoms with Crippen molar-refractivity contribution in [3.63, 3.8) is 0 Å². The molecule has 0 bridgehead atoms. The number of rotatable bonds is 4. The lowest BCUT2D eigenvalue weighted by atomic mass is 10.2. The van der Waals surface area contributed by atoms with Crippen LogP contribution < -0.4 is 11.1 Å². The van der Waals surface area contributed by atoms with Gasteiger partial charge >= 0.3 is 0 Å². The maximum Gasteiger partial charge on any atom is 0.234 e. The molecule has 0 unspecified atom stereocenters. The molecule has 5 heteroatoms. The quantitative estimate of drug-likeness (QED) is 0.625. The van der Waals surface area contributed by atoms with Gasteiger partial charge in [-0.15, -0.1) is 11.8 Å². The van der Waals surface area contributed by atoms with Crippen LogP contribution in [0.15, 0.2) is 45.8 Å². The lowest BCUT2D eigenvalue weighted by Gasteiger charge is -2.10. The fourth-order valence-electron chi connectivity index (χ4n) is 1.88. The number of amides is 1. The number of aryl methyl sites for hydroxylation is 2. The third kappa shape index (κ3) is 4.25. The number of carbonyl (C=O) groups is 1. The molecule has 2 aromatic carbocycles. The van der Waals surface area contributed by atoms with Gasteiger partial charge in [-0.2, -0.15) is 0 Å². The van der Waals surface area contributed by atoms with E-state index in [9.17, 15) is 4.79 Å². The van der Waals surface area contributed by atoms with Crippen LogP contribution in [0.2, 0.25) is 0 Å². The van der Waals surface area contributed by atoms with E-state index in [1.807, 2.05) is 50.2 Å². The summed E-state index contributed by atoms with van der Waals surface area (Å²) in [5.74, 6) is 0.301. The summed E-state index contributed by atoms with van der Waals surface area (Å²) in [6.07, 6.45) is 0. The molecule has 0 spiro atoms. The van der Waals surface area contributed by atoms with Crippen LogP contribution in [0.5, 0.6) is 0 Å². The van der Waals surface area contributed by atoms with Crippen molar-refractivity contribution in [1.29, 1.82) is 0 Å². The van der Waals surface area contributed by atoms with E-state index in [-0.39, 0.29) is 5.91 Å². The fraction of sp³-hybridized carbons (Fsp3) is 0.188. The Hall–Kier alpha value is -1.46. The van der Waals surface area contributed by atoms with E-state index in [4.69, 9.17) is 5.73 Å². The summed E-state index contributed by atoms with van der Waals surface area (Å²) in [6, 6.07) is 11.6. The summed E-state index contributed by atoms with van der Waals surface area (Å²) < 4.78 is 1.000. The van der Waals surface area contributed by atoms with Crippen molar-refractivity contribution in [2.45, 2.75) is 18.7 Å². The molecule has 2 rings (SSSR count). The minimum Gasteiger partial charge on any atom is -0.398 e. The molecule has 0 aliphatic rings. The first-order valence-electron chi connectivity index (χ1n) is 6.51. The molecule has 0 aliphatic carbocycles. The highest BCUT2D eigenvalue weighted by atomic mass is 79.9. The number of para-hydroxylation sites is 1. The number of nitrogens with one attached hydrogen (secondary N) is 1. The predicted octanol–water partition coefficient (Wildman–Crippen LogP) is 4.38. The van der Waals surface area contributed by atoms with E-state index < -0.39 is 0 Å². The van der Waals surface area contributed by atoms with Gasteiger partial charge in [-0.3, -0.25) is 4.79 Å². The highest BCUT2D eigenvalue weighted by Crippen LogP contribution is 2.27. The lowest BCUT2D eigenvalue weighted by molar-refractivity contribution is -0.113. The molecule has 0 heterocycles.